The lowest BCUT2D eigenvalue weighted by atomic mass is 9.78. The molecule has 0 saturated heterocycles. The first-order valence-corrected chi connectivity index (χ1v) is 23.6. The molecular formula is C51H57N3OSi. The van der Waals surface area contributed by atoms with Crippen LogP contribution in [0.1, 0.15) is 72.1 Å². The fourth-order valence-corrected chi connectivity index (χ4v) is 9.30. The number of pyridine rings is 1. The first-order chi connectivity index (χ1) is 26.4. The van der Waals surface area contributed by atoms with Crippen LogP contribution < -0.4 is 5.19 Å². The van der Waals surface area contributed by atoms with Gasteiger partial charge in [-0.1, -0.05) is 136 Å². The van der Waals surface area contributed by atoms with Crippen LogP contribution in [-0.4, -0.2) is 27.7 Å². The summed E-state index contributed by atoms with van der Waals surface area (Å²) >= 11 is 0. The van der Waals surface area contributed by atoms with Crippen molar-refractivity contribution in [1.29, 1.82) is 0 Å². The number of aromatic hydroxyl groups is 1. The van der Waals surface area contributed by atoms with Gasteiger partial charge in [0.25, 0.3) is 0 Å². The molecule has 2 aromatic heterocycles. The SMILES string of the molecule is CC(C)Cc1cc(-c2cc(-c3cc(C(C)(C)C)cc(C(C)(C)C)c3)cc(-c3cccc4c3nc(-c3ccccc3O)n4-c3ccccc3)c2)ncc1[Si](C)(C)C. The molecule has 2 heterocycles. The van der Waals surface area contributed by atoms with Crippen molar-refractivity contribution >= 4 is 24.3 Å². The van der Waals surface area contributed by atoms with Crippen LogP contribution in [0.3, 0.4) is 0 Å². The molecule has 0 spiro atoms. The Balaban J connectivity index is 1.54. The third kappa shape index (κ3) is 7.88. The Morgan fingerprint density at radius 1 is 0.643 bits per heavy atom. The summed E-state index contributed by atoms with van der Waals surface area (Å²) in [5.74, 6) is 1.43. The van der Waals surface area contributed by atoms with Crippen molar-refractivity contribution < 1.29 is 5.11 Å². The number of para-hydroxylation sites is 3. The fraction of sp³-hybridized carbons (Fsp3) is 0.294. The molecule has 0 fully saturated rings. The maximum atomic E-state index is 11.1. The monoisotopic (exact) mass is 755 g/mol. The zero-order valence-corrected chi connectivity index (χ0v) is 36.1. The maximum absolute atomic E-state index is 11.1. The van der Waals surface area contributed by atoms with E-state index in [-0.39, 0.29) is 16.6 Å². The summed E-state index contributed by atoms with van der Waals surface area (Å²) in [5.41, 5.74) is 14.1. The van der Waals surface area contributed by atoms with Crippen LogP contribution in [-0.2, 0) is 17.3 Å². The van der Waals surface area contributed by atoms with E-state index in [9.17, 15) is 5.11 Å². The number of hydrogen-bond donors (Lipinski definition) is 1. The quantitative estimate of drug-likeness (QED) is 0.157. The zero-order valence-electron chi connectivity index (χ0n) is 35.1. The summed E-state index contributed by atoms with van der Waals surface area (Å²) in [4.78, 5) is 10.6. The Hall–Kier alpha value is -5.26. The largest absolute Gasteiger partial charge is 0.507 e. The van der Waals surface area contributed by atoms with Gasteiger partial charge < -0.3 is 5.11 Å². The molecular weight excluding hydrogens is 699 g/mol. The molecule has 0 unspecified atom stereocenters. The van der Waals surface area contributed by atoms with E-state index in [0.29, 0.717) is 17.3 Å². The second kappa shape index (κ2) is 14.7. The van der Waals surface area contributed by atoms with Crippen molar-refractivity contribution in [2.24, 2.45) is 5.92 Å². The summed E-state index contributed by atoms with van der Waals surface area (Å²) in [6, 6.07) is 40.7. The van der Waals surface area contributed by atoms with Gasteiger partial charge in [-0.05, 0) is 116 Å². The van der Waals surface area contributed by atoms with Crippen molar-refractivity contribution in [2.75, 3.05) is 0 Å². The van der Waals surface area contributed by atoms with E-state index in [1.165, 1.54) is 27.4 Å². The van der Waals surface area contributed by atoms with Crippen LogP contribution in [0.15, 0.2) is 121 Å². The number of rotatable bonds is 8. The molecule has 0 aliphatic rings. The standard InChI is InChI=1S/C51H57N3OSi/c1-33(2)24-38-30-44(52-32-47(38)56(9,10)11)37-26-34(35-28-39(50(3,4)5)31-40(29-35)51(6,7)8)25-36(27-37)42-21-17-22-45-48(42)53-49(43-20-15-16-23-46(43)55)54(45)41-18-13-12-14-19-41/h12-23,25-33,55H,24H2,1-11H3. The van der Waals surface area contributed by atoms with Gasteiger partial charge >= 0.3 is 0 Å². The van der Waals surface area contributed by atoms with Crippen LogP contribution in [0.4, 0.5) is 0 Å². The number of hydrogen-bond acceptors (Lipinski definition) is 3. The molecule has 7 aromatic rings. The van der Waals surface area contributed by atoms with Crippen LogP contribution in [0.25, 0.3) is 61.6 Å². The molecule has 0 aliphatic heterocycles. The molecule has 286 valence electrons. The number of aromatic nitrogens is 3. The lowest BCUT2D eigenvalue weighted by molar-refractivity contribution is 0.477. The highest BCUT2D eigenvalue weighted by molar-refractivity contribution is 6.89. The molecule has 0 amide bonds. The average Bonchev–Trinajstić information content (AvgIpc) is 3.53. The van der Waals surface area contributed by atoms with Gasteiger partial charge in [0, 0.05) is 23.0 Å². The summed E-state index contributed by atoms with van der Waals surface area (Å²) in [6.07, 6.45) is 3.19. The van der Waals surface area contributed by atoms with Crippen LogP contribution in [0, 0.1) is 5.92 Å². The smallest absolute Gasteiger partial charge is 0.149 e. The third-order valence-corrected chi connectivity index (χ3v) is 12.9. The van der Waals surface area contributed by atoms with Crippen molar-refractivity contribution in [3.05, 3.63) is 138 Å². The molecule has 5 aromatic carbocycles. The Morgan fingerprint density at radius 3 is 1.86 bits per heavy atom. The summed E-state index contributed by atoms with van der Waals surface area (Å²) in [5, 5.41) is 12.6. The second-order valence-corrected chi connectivity index (χ2v) is 24.0. The molecule has 56 heavy (non-hydrogen) atoms. The predicted molar refractivity (Wildman–Crippen MR) is 241 cm³/mol. The minimum absolute atomic E-state index is 0.0221. The Labute approximate surface area is 335 Å². The molecule has 0 bridgehead atoms. The predicted octanol–water partition coefficient (Wildman–Crippen LogP) is 13.1. The van der Waals surface area contributed by atoms with E-state index in [1.54, 1.807) is 6.07 Å². The van der Waals surface area contributed by atoms with Crippen molar-refractivity contribution in [3.8, 4) is 56.3 Å². The summed E-state index contributed by atoms with van der Waals surface area (Å²) in [6.45, 7) is 25.7. The summed E-state index contributed by atoms with van der Waals surface area (Å²) in [7, 11) is -1.63. The van der Waals surface area contributed by atoms with E-state index < -0.39 is 8.07 Å². The summed E-state index contributed by atoms with van der Waals surface area (Å²) < 4.78 is 2.16. The van der Waals surface area contributed by atoms with Crippen molar-refractivity contribution in [1.82, 2.24) is 14.5 Å². The van der Waals surface area contributed by atoms with E-state index in [0.717, 1.165) is 51.1 Å². The Kier molecular flexibility index (Phi) is 10.2. The van der Waals surface area contributed by atoms with Gasteiger partial charge in [-0.25, -0.2) is 4.98 Å². The van der Waals surface area contributed by atoms with E-state index in [1.807, 2.05) is 36.4 Å². The number of nitrogens with zero attached hydrogens (tertiary/aromatic N) is 3. The highest BCUT2D eigenvalue weighted by atomic mass is 28.3. The molecule has 4 nitrogen and oxygen atoms in total. The Bertz CT molecular complexity index is 2510. The van der Waals surface area contributed by atoms with Crippen LogP contribution in [0.2, 0.25) is 19.6 Å². The minimum atomic E-state index is -1.63. The molecule has 0 aliphatic carbocycles. The normalized spacial score (nSPS) is 12.5. The Morgan fingerprint density at radius 2 is 1.23 bits per heavy atom. The van der Waals surface area contributed by atoms with E-state index in [2.05, 4.69) is 159 Å². The van der Waals surface area contributed by atoms with Crippen molar-refractivity contribution in [3.63, 3.8) is 0 Å². The molecule has 7 rings (SSSR count). The number of fused-ring (bicyclic) bond motifs is 1. The molecule has 0 atom stereocenters. The first kappa shape index (κ1) is 39.0. The van der Waals surface area contributed by atoms with Gasteiger partial charge in [0.1, 0.15) is 11.6 Å². The molecule has 0 radical (unpaired) electrons. The fourth-order valence-electron chi connectivity index (χ4n) is 7.71. The number of imidazole rings is 1. The number of phenolic OH excluding ortho intramolecular Hbond substituents is 1. The highest BCUT2D eigenvalue weighted by Gasteiger charge is 2.25. The highest BCUT2D eigenvalue weighted by Crippen LogP contribution is 2.41. The number of phenols is 1. The maximum Gasteiger partial charge on any atom is 0.149 e. The third-order valence-electron chi connectivity index (χ3n) is 10.8. The van der Waals surface area contributed by atoms with E-state index in [4.69, 9.17) is 9.97 Å². The first-order valence-electron chi connectivity index (χ1n) is 20.1. The van der Waals surface area contributed by atoms with Gasteiger partial charge in [0.05, 0.1) is 30.4 Å². The van der Waals surface area contributed by atoms with E-state index >= 15 is 0 Å². The lowest BCUT2D eigenvalue weighted by Crippen LogP contribution is -2.40. The molecule has 5 heteroatoms. The minimum Gasteiger partial charge on any atom is -0.507 e. The van der Waals surface area contributed by atoms with Crippen LogP contribution >= 0.6 is 0 Å². The van der Waals surface area contributed by atoms with Crippen LogP contribution in [0.5, 0.6) is 5.75 Å². The topological polar surface area (TPSA) is 50.9 Å². The lowest BCUT2D eigenvalue weighted by Gasteiger charge is -2.26. The second-order valence-electron chi connectivity index (χ2n) is 19.0. The van der Waals surface area contributed by atoms with Gasteiger partial charge in [-0.15, -0.1) is 0 Å². The molecule has 0 saturated carbocycles. The zero-order chi connectivity index (χ0) is 40.2. The van der Waals surface area contributed by atoms with Gasteiger partial charge in [0.2, 0.25) is 0 Å². The average molecular weight is 756 g/mol. The van der Waals surface area contributed by atoms with Gasteiger partial charge in [-0.3, -0.25) is 9.55 Å². The van der Waals surface area contributed by atoms with Crippen molar-refractivity contribution in [2.45, 2.75) is 92.3 Å². The van der Waals surface area contributed by atoms with Gasteiger partial charge in [0.15, 0.2) is 0 Å². The number of benzene rings is 5. The van der Waals surface area contributed by atoms with Gasteiger partial charge in [-0.2, -0.15) is 0 Å². The molecule has 1 N–H and O–H groups in total.